The summed E-state index contributed by atoms with van der Waals surface area (Å²) in [5.74, 6) is 0. The van der Waals surface area contributed by atoms with Crippen LogP contribution in [0.4, 0.5) is 0 Å². The van der Waals surface area contributed by atoms with E-state index in [4.69, 9.17) is 0 Å². The third-order valence-corrected chi connectivity index (χ3v) is 4.89. The summed E-state index contributed by atoms with van der Waals surface area (Å²) in [5.41, 5.74) is 4.17. The van der Waals surface area contributed by atoms with Crippen molar-refractivity contribution in [3.63, 3.8) is 0 Å². The molecule has 96 valence electrons. The summed E-state index contributed by atoms with van der Waals surface area (Å²) in [7, 11) is 0. The summed E-state index contributed by atoms with van der Waals surface area (Å²) in [6.07, 6.45) is 0. The topological polar surface area (TPSA) is 3.88 Å². The lowest BCUT2D eigenvalue weighted by Crippen LogP contribution is -2.41. The molecule has 0 aliphatic heterocycles. The van der Waals surface area contributed by atoms with Crippen LogP contribution in [0.5, 0.6) is 0 Å². The Balaban J connectivity index is 2.75. The minimum atomic E-state index is 0.173. The third-order valence-electron chi connectivity index (χ3n) is 3.30. The highest BCUT2D eigenvalue weighted by Gasteiger charge is 2.33. The summed E-state index contributed by atoms with van der Waals surface area (Å²) < 4.78 is 2.43. The van der Waals surface area contributed by atoms with E-state index in [9.17, 15) is 0 Å². The first-order valence-corrected chi connectivity index (χ1v) is 7.22. The summed E-state index contributed by atoms with van der Waals surface area (Å²) >= 11 is 1.91. The van der Waals surface area contributed by atoms with Gasteiger partial charge in [0, 0.05) is 18.6 Å². The summed E-state index contributed by atoms with van der Waals surface area (Å²) in [6.45, 7) is 13.5. The smallest absolute Gasteiger partial charge is 0.151 e. The van der Waals surface area contributed by atoms with Gasteiger partial charge in [-0.15, -0.1) is 0 Å². The number of benzene rings is 1. The fourth-order valence-corrected chi connectivity index (χ4v) is 3.33. The molecule has 0 fully saturated rings. The number of aryl methyl sites for hydroxylation is 2. The number of rotatable bonds is 1. The van der Waals surface area contributed by atoms with Crippen LogP contribution in [0.25, 0.3) is 5.69 Å². The van der Waals surface area contributed by atoms with Gasteiger partial charge in [-0.2, -0.15) is 4.57 Å². The Morgan fingerprint density at radius 1 is 1.00 bits per heavy atom. The van der Waals surface area contributed by atoms with Crippen LogP contribution in [-0.2, 0) is 5.41 Å². The SMILES string of the molecule is Cc1ccccc1-[n+]1c(C(C)(C)C)sc(C)c1C. The number of nitrogens with zero attached hydrogens (tertiary/aromatic N) is 1. The fourth-order valence-electron chi connectivity index (χ4n) is 2.17. The zero-order valence-corrected chi connectivity index (χ0v) is 13.0. The quantitative estimate of drug-likeness (QED) is 0.675. The van der Waals surface area contributed by atoms with E-state index in [0.29, 0.717) is 0 Å². The Hall–Kier alpha value is -1.15. The van der Waals surface area contributed by atoms with Crippen molar-refractivity contribution >= 4 is 11.3 Å². The molecule has 0 spiro atoms. The van der Waals surface area contributed by atoms with Crippen molar-refractivity contribution < 1.29 is 4.57 Å². The normalized spacial score (nSPS) is 11.9. The van der Waals surface area contributed by atoms with Crippen molar-refractivity contribution in [2.45, 2.75) is 47.0 Å². The molecule has 0 bridgehead atoms. The average molecular weight is 260 g/mol. The van der Waals surface area contributed by atoms with Crippen LogP contribution in [0.2, 0.25) is 0 Å². The summed E-state index contributed by atoms with van der Waals surface area (Å²) in [6, 6.07) is 8.61. The minimum absolute atomic E-state index is 0.173. The molecule has 0 radical (unpaired) electrons. The van der Waals surface area contributed by atoms with Crippen molar-refractivity contribution in [3.05, 3.63) is 45.4 Å². The number of thiazole rings is 1. The van der Waals surface area contributed by atoms with Crippen LogP contribution in [0.1, 0.15) is 41.9 Å². The maximum Gasteiger partial charge on any atom is 0.248 e. The maximum atomic E-state index is 2.43. The second-order valence-electron chi connectivity index (χ2n) is 5.92. The van der Waals surface area contributed by atoms with Crippen LogP contribution < -0.4 is 4.57 Å². The summed E-state index contributed by atoms with van der Waals surface area (Å²) in [4.78, 5) is 1.41. The number of hydrogen-bond acceptors (Lipinski definition) is 1. The van der Waals surface area contributed by atoms with Crippen LogP contribution in [-0.4, -0.2) is 0 Å². The van der Waals surface area contributed by atoms with Gasteiger partial charge in [-0.3, -0.25) is 0 Å². The second-order valence-corrected chi connectivity index (χ2v) is 7.12. The Bertz CT molecular complexity index is 573. The molecule has 0 amide bonds. The third kappa shape index (κ3) is 2.22. The first kappa shape index (κ1) is 13.3. The van der Waals surface area contributed by atoms with E-state index in [2.05, 4.69) is 70.4 Å². The van der Waals surface area contributed by atoms with Crippen molar-refractivity contribution in [2.24, 2.45) is 0 Å². The predicted molar refractivity (Wildman–Crippen MR) is 78.8 cm³/mol. The standard InChI is InChI=1S/C16H22NS/c1-11-9-7-8-10-14(11)17-12(2)13(3)18-15(17)16(4,5)6/h7-10H,1-6H3/q+1. The van der Waals surface area contributed by atoms with E-state index in [1.165, 1.54) is 26.8 Å². The Labute approximate surface area is 114 Å². The molecule has 0 unspecified atom stereocenters. The highest BCUT2D eigenvalue weighted by atomic mass is 32.1. The van der Waals surface area contributed by atoms with E-state index in [0.717, 1.165) is 0 Å². The Morgan fingerprint density at radius 2 is 1.61 bits per heavy atom. The van der Waals surface area contributed by atoms with Gasteiger partial charge in [0.2, 0.25) is 10.7 Å². The van der Waals surface area contributed by atoms with Gasteiger partial charge in [0.15, 0.2) is 5.69 Å². The van der Waals surface area contributed by atoms with Gasteiger partial charge in [-0.25, -0.2) is 0 Å². The predicted octanol–water partition coefficient (Wildman–Crippen LogP) is 4.25. The van der Waals surface area contributed by atoms with Gasteiger partial charge >= 0.3 is 0 Å². The lowest BCUT2D eigenvalue weighted by atomic mass is 9.97. The number of aromatic nitrogens is 1. The summed E-state index contributed by atoms with van der Waals surface area (Å²) in [5, 5.41) is 1.42. The zero-order valence-electron chi connectivity index (χ0n) is 12.2. The molecular formula is C16H22NS+. The molecule has 0 aliphatic carbocycles. The molecule has 0 atom stereocenters. The highest BCUT2D eigenvalue weighted by molar-refractivity contribution is 7.11. The van der Waals surface area contributed by atoms with Crippen molar-refractivity contribution in [3.8, 4) is 5.69 Å². The molecule has 1 heterocycles. The van der Waals surface area contributed by atoms with Crippen LogP contribution in [0.15, 0.2) is 24.3 Å². The number of hydrogen-bond donors (Lipinski definition) is 0. The molecule has 0 aliphatic rings. The molecule has 2 heteroatoms. The van der Waals surface area contributed by atoms with E-state index in [1.54, 1.807) is 0 Å². The molecule has 0 saturated carbocycles. The van der Waals surface area contributed by atoms with Gasteiger partial charge in [-0.1, -0.05) is 29.5 Å². The zero-order chi connectivity index (χ0) is 13.5. The molecule has 0 saturated heterocycles. The van der Waals surface area contributed by atoms with E-state index < -0.39 is 0 Å². The van der Waals surface area contributed by atoms with Gasteiger partial charge < -0.3 is 0 Å². The van der Waals surface area contributed by atoms with Crippen LogP contribution in [0, 0.1) is 20.8 Å². The van der Waals surface area contributed by atoms with Gasteiger partial charge in [0.25, 0.3) is 0 Å². The lowest BCUT2D eigenvalue weighted by Gasteiger charge is -2.13. The monoisotopic (exact) mass is 260 g/mol. The second kappa shape index (κ2) is 4.51. The average Bonchev–Trinajstić information content (AvgIpc) is 2.57. The molecule has 1 nitrogen and oxygen atoms in total. The first-order chi connectivity index (χ1) is 8.32. The van der Waals surface area contributed by atoms with Crippen LogP contribution >= 0.6 is 11.3 Å². The molecule has 1 aromatic heterocycles. The van der Waals surface area contributed by atoms with E-state index >= 15 is 0 Å². The lowest BCUT2D eigenvalue weighted by molar-refractivity contribution is -0.609. The molecular weight excluding hydrogens is 238 g/mol. The Kier molecular flexibility index (Phi) is 3.33. The van der Waals surface area contributed by atoms with Crippen molar-refractivity contribution in [1.29, 1.82) is 0 Å². The van der Waals surface area contributed by atoms with Gasteiger partial charge in [-0.05, 0) is 34.6 Å². The van der Waals surface area contributed by atoms with Crippen LogP contribution in [0.3, 0.4) is 0 Å². The molecule has 18 heavy (non-hydrogen) atoms. The molecule has 2 aromatic rings. The molecule has 2 rings (SSSR count). The minimum Gasteiger partial charge on any atom is -0.151 e. The van der Waals surface area contributed by atoms with E-state index in [1.807, 2.05) is 11.3 Å². The largest absolute Gasteiger partial charge is 0.248 e. The van der Waals surface area contributed by atoms with Crippen molar-refractivity contribution in [2.75, 3.05) is 0 Å². The first-order valence-electron chi connectivity index (χ1n) is 6.41. The maximum absolute atomic E-state index is 2.43. The molecule has 1 aromatic carbocycles. The molecule has 0 N–H and O–H groups in total. The van der Waals surface area contributed by atoms with Crippen molar-refractivity contribution in [1.82, 2.24) is 0 Å². The fraction of sp³-hybridized carbons (Fsp3) is 0.438. The van der Waals surface area contributed by atoms with E-state index in [-0.39, 0.29) is 5.41 Å². The number of para-hydroxylation sites is 1. The van der Waals surface area contributed by atoms with Gasteiger partial charge in [0.1, 0.15) is 0 Å². The highest BCUT2D eigenvalue weighted by Crippen LogP contribution is 2.29. The van der Waals surface area contributed by atoms with Gasteiger partial charge in [0.05, 0.1) is 10.3 Å². The Morgan fingerprint density at radius 3 is 2.17 bits per heavy atom.